The van der Waals surface area contributed by atoms with Gasteiger partial charge in [-0.1, -0.05) is 19.9 Å². The Kier molecular flexibility index (Phi) is 13.3. The summed E-state index contributed by atoms with van der Waals surface area (Å²) in [5.74, 6) is -4.99. The molecule has 5 amide bonds. The van der Waals surface area contributed by atoms with Gasteiger partial charge in [-0.15, -0.1) is 0 Å². The molecule has 0 aliphatic carbocycles. The second-order valence-corrected chi connectivity index (χ2v) is 9.06. The molecule has 0 saturated heterocycles. The zero-order valence-electron chi connectivity index (χ0n) is 21.9. The minimum Gasteiger partial charge on any atom is -0.481 e. The van der Waals surface area contributed by atoms with Crippen molar-refractivity contribution >= 4 is 41.5 Å². The lowest BCUT2D eigenvalue weighted by molar-refractivity contribution is -0.143. The van der Waals surface area contributed by atoms with Crippen LogP contribution in [-0.2, 0) is 28.8 Å². The van der Waals surface area contributed by atoms with E-state index in [4.69, 9.17) is 16.6 Å². The first-order valence-electron chi connectivity index (χ1n) is 12.2. The number of guanidine groups is 1. The normalized spacial score (nSPS) is 23.3. The third-order valence-corrected chi connectivity index (χ3v) is 5.61. The van der Waals surface area contributed by atoms with E-state index in [2.05, 4.69) is 26.3 Å². The van der Waals surface area contributed by atoms with Crippen LogP contribution in [0.3, 0.4) is 0 Å². The van der Waals surface area contributed by atoms with E-state index >= 15 is 0 Å². The Hall–Kier alpha value is -4.17. The summed E-state index contributed by atoms with van der Waals surface area (Å²) >= 11 is 0. The Labute approximate surface area is 220 Å². The van der Waals surface area contributed by atoms with Gasteiger partial charge in [0.2, 0.25) is 29.5 Å². The third kappa shape index (κ3) is 11.3. The van der Waals surface area contributed by atoms with Crippen LogP contribution in [-0.4, -0.2) is 96.3 Å². The van der Waals surface area contributed by atoms with Gasteiger partial charge in [0.15, 0.2) is 5.96 Å². The van der Waals surface area contributed by atoms with E-state index in [0.29, 0.717) is 6.42 Å². The monoisotopic (exact) mass is 538 g/mol. The molecule has 9 N–H and O–H groups in total. The lowest BCUT2D eigenvalue weighted by Crippen LogP contribution is -2.57. The molecule has 15 heteroatoms. The molecule has 0 bridgehead atoms. The van der Waals surface area contributed by atoms with Crippen molar-refractivity contribution in [1.29, 1.82) is 0 Å². The van der Waals surface area contributed by atoms with Crippen molar-refractivity contribution in [3.05, 3.63) is 12.2 Å². The maximum Gasteiger partial charge on any atom is 0.305 e. The molecule has 1 aliphatic rings. The maximum absolute atomic E-state index is 13.3. The molecule has 0 aromatic rings. The fourth-order valence-corrected chi connectivity index (χ4v) is 3.59. The number of amides is 5. The van der Waals surface area contributed by atoms with Crippen LogP contribution < -0.4 is 32.7 Å². The summed E-state index contributed by atoms with van der Waals surface area (Å²) < 4.78 is 0. The SMILES string of the molecule is CC(C)[C@H]1NC(=O)/C=C\CCNC(=O)[C@@H](CC(=O)O)NC(=O)CNC(=O)[C@@H](CCCN=C(N)N)N(C)C1=O. The van der Waals surface area contributed by atoms with Crippen molar-refractivity contribution < 1.29 is 33.9 Å². The first kappa shape index (κ1) is 31.9. The molecule has 1 aliphatic heterocycles. The van der Waals surface area contributed by atoms with E-state index < -0.39 is 66.6 Å². The molecule has 1 heterocycles. The maximum atomic E-state index is 13.3. The molecule has 0 aromatic heterocycles. The lowest BCUT2D eigenvalue weighted by Gasteiger charge is -2.32. The van der Waals surface area contributed by atoms with Gasteiger partial charge in [0, 0.05) is 20.1 Å². The van der Waals surface area contributed by atoms with Gasteiger partial charge in [-0.2, -0.15) is 0 Å². The molecule has 212 valence electrons. The van der Waals surface area contributed by atoms with Gasteiger partial charge in [-0.25, -0.2) is 0 Å². The van der Waals surface area contributed by atoms with Gasteiger partial charge in [-0.05, 0) is 31.3 Å². The molecule has 1 rings (SSSR count). The number of nitrogens with one attached hydrogen (secondary N) is 4. The molecule has 0 aromatic carbocycles. The largest absolute Gasteiger partial charge is 0.481 e. The van der Waals surface area contributed by atoms with Gasteiger partial charge < -0.3 is 42.7 Å². The summed E-state index contributed by atoms with van der Waals surface area (Å²) in [5.41, 5.74) is 10.7. The van der Waals surface area contributed by atoms with Crippen molar-refractivity contribution in [2.24, 2.45) is 22.4 Å². The van der Waals surface area contributed by atoms with Crippen LogP contribution in [0.2, 0.25) is 0 Å². The molecule has 38 heavy (non-hydrogen) atoms. The van der Waals surface area contributed by atoms with Crippen molar-refractivity contribution in [3.8, 4) is 0 Å². The Bertz CT molecular complexity index is 946. The Morgan fingerprint density at radius 3 is 2.42 bits per heavy atom. The number of nitrogens with zero attached hydrogens (tertiary/aromatic N) is 2. The van der Waals surface area contributed by atoms with E-state index in [0.717, 1.165) is 0 Å². The van der Waals surface area contributed by atoms with E-state index in [-0.39, 0.29) is 37.8 Å². The second kappa shape index (κ2) is 15.8. The fourth-order valence-electron chi connectivity index (χ4n) is 3.59. The average molecular weight is 539 g/mol. The highest BCUT2D eigenvalue weighted by atomic mass is 16.4. The Morgan fingerprint density at radius 1 is 1.13 bits per heavy atom. The van der Waals surface area contributed by atoms with E-state index in [1.807, 2.05) is 0 Å². The van der Waals surface area contributed by atoms with Crippen molar-refractivity contribution in [2.75, 3.05) is 26.7 Å². The lowest BCUT2D eigenvalue weighted by atomic mass is 10.0. The number of carboxylic acid groups (broad SMARTS) is 1. The first-order valence-corrected chi connectivity index (χ1v) is 12.2. The molecule has 0 fully saturated rings. The van der Waals surface area contributed by atoms with Crippen LogP contribution in [0, 0.1) is 5.92 Å². The highest BCUT2D eigenvalue weighted by Crippen LogP contribution is 2.12. The summed E-state index contributed by atoms with van der Waals surface area (Å²) in [5, 5.41) is 19.0. The van der Waals surface area contributed by atoms with Crippen LogP contribution in [0.25, 0.3) is 0 Å². The molecule has 0 saturated carbocycles. The van der Waals surface area contributed by atoms with Crippen LogP contribution in [0.4, 0.5) is 0 Å². The number of rotatable bonds is 7. The quantitative estimate of drug-likeness (QED) is 0.100. The molecule has 0 spiro atoms. The number of likely N-dealkylation sites (N-methyl/N-ethyl adjacent to an activating group) is 1. The molecule has 0 unspecified atom stereocenters. The summed E-state index contributed by atoms with van der Waals surface area (Å²) in [6.07, 6.45) is 2.71. The molecule has 15 nitrogen and oxygen atoms in total. The number of carbonyl (C=O) groups is 6. The number of hydrogen-bond acceptors (Lipinski definition) is 7. The number of aliphatic carboxylic acids is 1. The topological polar surface area (TPSA) is 238 Å². The predicted molar refractivity (Wildman–Crippen MR) is 137 cm³/mol. The van der Waals surface area contributed by atoms with Gasteiger partial charge >= 0.3 is 5.97 Å². The van der Waals surface area contributed by atoms with Gasteiger partial charge in [0.1, 0.15) is 18.1 Å². The van der Waals surface area contributed by atoms with Gasteiger partial charge in [0.25, 0.3) is 0 Å². The highest BCUT2D eigenvalue weighted by Gasteiger charge is 2.33. The number of hydrogen-bond donors (Lipinski definition) is 7. The summed E-state index contributed by atoms with van der Waals surface area (Å²) in [7, 11) is 1.41. The zero-order valence-corrected chi connectivity index (χ0v) is 21.9. The molecular weight excluding hydrogens is 500 g/mol. The molecule has 0 radical (unpaired) electrons. The van der Waals surface area contributed by atoms with Crippen molar-refractivity contribution in [1.82, 2.24) is 26.2 Å². The van der Waals surface area contributed by atoms with Crippen LogP contribution in [0.1, 0.15) is 39.5 Å². The smallest absolute Gasteiger partial charge is 0.305 e. The Balaban J connectivity index is 3.25. The number of aliphatic imine (C=N–C) groups is 1. The number of carboxylic acids is 1. The van der Waals surface area contributed by atoms with E-state index in [9.17, 15) is 28.8 Å². The molecule has 3 atom stereocenters. The Morgan fingerprint density at radius 2 is 1.82 bits per heavy atom. The standard InChI is InChI=1S/C23H38N8O7/c1-13(2)19-22(38)31(3)15(7-6-10-27-23(24)25)21(37)28-12-17(33)29-14(11-18(34)35)20(36)26-9-5-4-8-16(32)30-19/h4,8,13-15,19H,5-7,9-12H2,1-3H3,(H,26,36)(H,28,37)(H,29,33)(H,30,32)(H,34,35)(H4,24,25,27)/b8-4-/t14-,15-,19-/m1/s1. The van der Waals surface area contributed by atoms with Crippen LogP contribution in [0.5, 0.6) is 0 Å². The van der Waals surface area contributed by atoms with Crippen molar-refractivity contribution in [2.45, 2.75) is 57.7 Å². The number of nitrogens with two attached hydrogens (primary N) is 2. The first-order chi connectivity index (χ1) is 17.8. The summed E-state index contributed by atoms with van der Waals surface area (Å²) in [6, 6.07) is -3.37. The molecular formula is C23H38N8O7. The fraction of sp³-hybridized carbons (Fsp3) is 0.609. The average Bonchev–Trinajstić information content (AvgIpc) is 2.83. The van der Waals surface area contributed by atoms with E-state index in [1.54, 1.807) is 13.8 Å². The minimum absolute atomic E-state index is 0.0716. The minimum atomic E-state index is -1.38. The summed E-state index contributed by atoms with van der Waals surface area (Å²) in [4.78, 5) is 79.9. The van der Waals surface area contributed by atoms with Gasteiger partial charge in [0.05, 0.1) is 13.0 Å². The van der Waals surface area contributed by atoms with Gasteiger partial charge in [-0.3, -0.25) is 33.8 Å². The van der Waals surface area contributed by atoms with Crippen molar-refractivity contribution in [3.63, 3.8) is 0 Å². The van der Waals surface area contributed by atoms with Crippen LogP contribution >= 0.6 is 0 Å². The third-order valence-electron chi connectivity index (χ3n) is 5.61. The number of carbonyl (C=O) groups excluding carboxylic acids is 5. The van der Waals surface area contributed by atoms with Crippen LogP contribution in [0.15, 0.2) is 17.1 Å². The summed E-state index contributed by atoms with van der Waals surface area (Å²) in [6.45, 7) is 3.18. The predicted octanol–water partition coefficient (Wildman–Crippen LogP) is -2.84. The zero-order chi connectivity index (χ0) is 28.8. The highest BCUT2D eigenvalue weighted by molar-refractivity contribution is 5.96. The second-order valence-electron chi connectivity index (χ2n) is 9.06. The van der Waals surface area contributed by atoms with E-state index in [1.165, 1.54) is 24.1 Å².